The smallest absolute Gasteiger partial charge is 0.343 e. The van der Waals surface area contributed by atoms with Crippen molar-refractivity contribution >= 4 is 5.97 Å². The molecule has 1 saturated carbocycles. The van der Waals surface area contributed by atoms with Gasteiger partial charge in [-0.05, 0) is 97.9 Å². The van der Waals surface area contributed by atoms with Crippen molar-refractivity contribution in [1.29, 1.82) is 0 Å². The van der Waals surface area contributed by atoms with E-state index in [0.717, 1.165) is 54.7 Å². The van der Waals surface area contributed by atoms with Crippen LogP contribution in [-0.4, -0.2) is 15.9 Å². The van der Waals surface area contributed by atoms with Gasteiger partial charge in [-0.15, -0.1) is 0 Å². The van der Waals surface area contributed by atoms with Gasteiger partial charge < -0.3 is 4.74 Å². The standard InChI is InChI=1S/C35H45FN2O2/c1-3-5-6-7-8-9-10-12-27-24-37-34(38-25-27)29-17-20-31(21-18-29)40-35(39)30-19-22-32(33(36)23-30)28-15-13-26(11-4-2)14-16-28/h17-26,28H,3-16H2,1-2H3. The fraction of sp³-hybridized carbons (Fsp3) is 0.514. The molecule has 0 aliphatic heterocycles. The second-order valence-corrected chi connectivity index (χ2v) is 11.4. The van der Waals surface area contributed by atoms with E-state index in [1.165, 1.54) is 63.9 Å². The van der Waals surface area contributed by atoms with E-state index in [9.17, 15) is 9.18 Å². The van der Waals surface area contributed by atoms with Crippen molar-refractivity contribution in [3.05, 3.63) is 77.4 Å². The summed E-state index contributed by atoms with van der Waals surface area (Å²) in [4.78, 5) is 21.8. The van der Waals surface area contributed by atoms with Crippen LogP contribution in [0, 0.1) is 11.7 Å². The number of aromatic nitrogens is 2. The first-order valence-corrected chi connectivity index (χ1v) is 15.5. The third-order valence-electron chi connectivity index (χ3n) is 8.32. The minimum Gasteiger partial charge on any atom is -0.423 e. The van der Waals surface area contributed by atoms with Crippen LogP contribution in [0.3, 0.4) is 0 Å². The van der Waals surface area contributed by atoms with Crippen molar-refractivity contribution in [2.75, 3.05) is 0 Å². The summed E-state index contributed by atoms with van der Waals surface area (Å²) in [6.45, 7) is 4.47. The minimum atomic E-state index is -0.559. The number of esters is 1. The lowest BCUT2D eigenvalue weighted by atomic mass is 9.77. The second-order valence-electron chi connectivity index (χ2n) is 11.4. The van der Waals surface area contributed by atoms with Crippen LogP contribution in [0.25, 0.3) is 11.4 Å². The molecular formula is C35H45FN2O2. The molecule has 0 N–H and O–H groups in total. The third-order valence-corrected chi connectivity index (χ3v) is 8.32. The Balaban J connectivity index is 1.26. The Morgan fingerprint density at radius 1 is 0.850 bits per heavy atom. The molecular weight excluding hydrogens is 499 g/mol. The highest BCUT2D eigenvalue weighted by molar-refractivity contribution is 5.91. The predicted octanol–water partition coefficient (Wildman–Crippen LogP) is 9.87. The molecule has 1 aliphatic rings. The number of unbranched alkanes of at least 4 members (excludes halogenated alkanes) is 6. The Bertz CT molecular complexity index is 1190. The number of carbonyl (C=O) groups excluding carboxylic acids is 1. The first-order chi connectivity index (χ1) is 19.6. The largest absolute Gasteiger partial charge is 0.423 e. The number of nitrogens with zero attached hydrogens (tertiary/aromatic N) is 2. The van der Waals surface area contributed by atoms with Gasteiger partial charge in [0.2, 0.25) is 0 Å². The molecule has 0 unspecified atom stereocenters. The van der Waals surface area contributed by atoms with Gasteiger partial charge in [0.15, 0.2) is 5.82 Å². The van der Waals surface area contributed by atoms with Gasteiger partial charge in [-0.1, -0.05) is 71.3 Å². The summed E-state index contributed by atoms with van der Waals surface area (Å²) in [6.07, 6.45) is 20.7. The Hall–Kier alpha value is -3.08. The van der Waals surface area contributed by atoms with Gasteiger partial charge in [0.1, 0.15) is 11.6 Å². The van der Waals surface area contributed by atoms with Gasteiger partial charge in [0, 0.05) is 18.0 Å². The van der Waals surface area contributed by atoms with Crippen LogP contribution in [0.5, 0.6) is 5.75 Å². The molecule has 1 fully saturated rings. The van der Waals surface area contributed by atoms with E-state index in [0.29, 0.717) is 11.6 Å². The highest BCUT2D eigenvalue weighted by atomic mass is 19.1. The number of halogens is 1. The summed E-state index contributed by atoms with van der Waals surface area (Å²) in [5, 5.41) is 0. The SMILES string of the molecule is CCCCCCCCCc1cnc(-c2ccc(OC(=O)c3ccc(C4CCC(CCC)CC4)c(F)c3)cc2)nc1. The van der Waals surface area contributed by atoms with Gasteiger partial charge in [-0.3, -0.25) is 0 Å². The highest BCUT2D eigenvalue weighted by Gasteiger charge is 2.24. The molecule has 4 rings (SSSR count). The van der Waals surface area contributed by atoms with Crippen molar-refractivity contribution in [2.45, 2.75) is 110 Å². The Morgan fingerprint density at radius 2 is 1.52 bits per heavy atom. The minimum absolute atomic E-state index is 0.227. The molecule has 4 nitrogen and oxygen atoms in total. The molecule has 0 saturated heterocycles. The topological polar surface area (TPSA) is 52.1 Å². The average Bonchev–Trinajstić information content (AvgIpc) is 2.98. The van der Waals surface area contributed by atoms with Crippen LogP contribution in [0.15, 0.2) is 54.9 Å². The first kappa shape index (κ1) is 29.9. The van der Waals surface area contributed by atoms with Crippen LogP contribution >= 0.6 is 0 Å². The summed E-state index contributed by atoms with van der Waals surface area (Å²) in [5.74, 6) is 1.19. The van der Waals surface area contributed by atoms with Crippen LogP contribution in [0.1, 0.15) is 125 Å². The molecule has 0 spiro atoms. The number of carbonyl (C=O) groups is 1. The molecule has 214 valence electrons. The zero-order chi connectivity index (χ0) is 28.2. The Morgan fingerprint density at radius 3 is 2.17 bits per heavy atom. The summed E-state index contributed by atoms with van der Waals surface area (Å²) < 4.78 is 20.5. The lowest BCUT2D eigenvalue weighted by Crippen LogP contribution is -2.15. The van der Waals surface area contributed by atoms with Crippen molar-refractivity contribution < 1.29 is 13.9 Å². The molecule has 5 heteroatoms. The molecule has 0 bridgehead atoms. The normalized spacial score (nSPS) is 17.1. The predicted molar refractivity (Wildman–Crippen MR) is 160 cm³/mol. The second kappa shape index (κ2) is 15.6. The third kappa shape index (κ3) is 8.71. The molecule has 40 heavy (non-hydrogen) atoms. The van der Waals surface area contributed by atoms with Gasteiger partial charge in [-0.25, -0.2) is 19.2 Å². The maximum absolute atomic E-state index is 15.0. The molecule has 1 heterocycles. The van der Waals surface area contributed by atoms with E-state index in [1.807, 2.05) is 24.5 Å². The van der Waals surface area contributed by atoms with Crippen LogP contribution in [0.4, 0.5) is 4.39 Å². The van der Waals surface area contributed by atoms with E-state index < -0.39 is 5.97 Å². The summed E-state index contributed by atoms with van der Waals surface area (Å²) >= 11 is 0. The molecule has 3 aromatic rings. The zero-order valence-corrected chi connectivity index (χ0v) is 24.3. The van der Waals surface area contributed by atoms with E-state index in [1.54, 1.807) is 24.3 Å². The van der Waals surface area contributed by atoms with E-state index in [4.69, 9.17) is 4.74 Å². The van der Waals surface area contributed by atoms with Crippen LogP contribution in [-0.2, 0) is 6.42 Å². The molecule has 2 aromatic carbocycles. The lowest BCUT2D eigenvalue weighted by molar-refractivity contribution is 0.0734. The van der Waals surface area contributed by atoms with Crippen molar-refractivity contribution in [3.8, 4) is 17.1 Å². The summed E-state index contributed by atoms with van der Waals surface area (Å²) in [6, 6.07) is 11.9. The number of hydrogen-bond donors (Lipinski definition) is 0. The van der Waals surface area contributed by atoms with Crippen LogP contribution in [0.2, 0.25) is 0 Å². The van der Waals surface area contributed by atoms with Gasteiger partial charge in [-0.2, -0.15) is 0 Å². The fourth-order valence-electron chi connectivity index (χ4n) is 5.91. The number of aryl methyl sites for hydroxylation is 1. The molecule has 0 radical (unpaired) electrons. The lowest BCUT2D eigenvalue weighted by Gasteiger charge is -2.28. The first-order valence-electron chi connectivity index (χ1n) is 15.5. The highest BCUT2D eigenvalue weighted by Crippen LogP contribution is 2.38. The van der Waals surface area contributed by atoms with Gasteiger partial charge >= 0.3 is 5.97 Å². The molecule has 0 atom stereocenters. The Kier molecular flexibility index (Phi) is 11.7. The number of hydrogen-bond acceptors (Lipinski definition) is 4. The number of ether oxygens (including phenoxy) is 1. The van der Waals surface area contributed by atoms with E-state index >= 15 is 0 Å². The molecule has 1 aliphatic carbocycles. The van der Waals surface area contributed by atoms with E-state index in [2.05, 4.69) is 23.8 Å². The zero-order valence-electron chi connectivity index (χ0n) is 24.3. The van der Waals surface area contributed by atoms with Crippen LogP contribution < -0.4 is 4.74 Å². The number of benzene rings is 2. The maximum Gasteiger partial charge on any atom is 0.343 e. The average molecular weight is 545 g/mol. The van der Waals surface area contributed by atoms with Crippen molar-refractivity contribution in [3.63, 3.8) is 0 Å². The quantitative estimate of drug-likeness (QED) is 0.115. The molecule has 0 amide bonds. The van der Waals surface area contributed by atoms with Crippen molar-refractivity contribution in [1.82, 2.24) is 9.97 Å². The Labute approximate surface area is 239 Å². The number of rotatable bonds is 14. The summed E-state index contributed by atoms with van der Waals surface area (Å²) in [7, 11) is 0. The monoisotopic (exact) mass is 544 g/mol. The summed E-state index contributed by atoms with van der Waals surface area (Å²) in [5.41, 5.74) is 2.96. The van der Waals surface area contributed by atoms with E-state index in [-0.39, 0.29) is 17.3 Å². The maximum atomic E-state index is 15.0. The van der Waals surface area contributed by atoms with Gasteiger partial charge in [0.05, 0.1) is 5.56 Å². The van der Waals surface area contributed by atoms with Gasteiger partial charge in [0.25, 0.3) is 0 Å². The molecule has 1 aromatic heterocycles. The van der Waals surface area contributed by atoms with Crippen molar-refractivity contribution in [2.24, 2.45) is 5.92 Å². The fourth-order valence-corrected chi connectivity index (χ4v) is 5.91.